The fourth-order valence-corrected chi connectivity index (χ4v) is 5.93. The first kappa shape index (κ1) is 25.4. The van der Waals surface area contributed by atoms with Gasteiger partial charge in [0, 0.05) is 23.2 Å². The zero-order valence-corrected chi connectivity index (χ0v) is 21.2. The van der Waals surface area contributed by atoms with Crippen molar-refractivity contribution in [2.24, 2.45) is 0 Å². The van der Waals surface area contributed by atoms with Gasteiger partial charge in [0.15, 0.2) is 0 Å². The molecule has 0 atom stereocenters. The number of anilines is 2. The van der Waals surface area contributed by atoms with Crippen molar-refractivity contribution in [2.45, 2.75) is 4.90 Å². The van der Waals surface area contributed by atoms with E-state index >= 15 is 0 Å². The summed E-state index contributed by atoms with van der Waals surface area (Å²) in [7, 11) is -6.29. The second kappa shape index (κ2) is 10.4. The molecule has 0 unspecified atom stereocenters. The minimum absolute atomic E-state index is 0.0995. The molecule has 10 nitrogen and oxygen atoms in total. The highest BCUT2D eigenvalue weighted by Gasteiger charge is 2.30. The van der Waals surface area contributed by atoms with Crippen LogP contribution in [0.4, 0.5) is 11.4 Å². The van der Waals surface area contributed by atoms with Crippen molar-refractivity contribution >= 4 is 53.3 Å². The lowest BCUT2D eigenvalue weighted by molar-refractivity contribution is -0.114. The Kier molecular flexibility index (Phi) is 8.00. The number of hydrogen-bond donors (Lipinski definition) is 1. The van der Waals surface area contributed by atoms with E-state index < -0.39 is 32.5 Å². The van der Waals surface area contributed by atoms with Crippen LogP contribution in [-0.4, -0.2) is 73.3 Å². The first-order valence-electron chi connectivity index (χ1n) is 9.81. The number of amides is 1. The fourth-order valence-electron chi connectivity index (χ4n) is 3.22. The molecule has 0 aromatic heterocycles. The van der Waals surface area contributed by atoms with E-state index in [1.165, 1.54) is 29.6 Å². The first-order valence-corrected chi connectivity index (χ1v) is 13.9. The number of methoxy groups -OCH3 is 1. The summed E-state index contributed by atoms with van der Waals surface area (Å²) in [6.07, 6.45) is 1.00. The molecule has 33 heavy (non-hydrogen) atoms. The van der Waals surface area contributed by atoms with E-state index in [9.17, 15) is 21.6 Å². The highest BCUT2D eigenvalue weighted by atomic mass is 79.9. The van der Waals surface area contributed by atoms with Crippen LogP contribution in [-0.2, 0) is 29.6 Å². The van der Waals surface area contributed by atoms with Gasteiger partial charge < -0.3 is 14.8 Å². The van der Waals surface area contributed by atoms with Crippen molar-refractivity contribution < 1.29 is 31.1 Å². The molecule has 1 heterocycles. The maximum Gasteiger partial charge on any atom is 0.246 e. The van der Waals surface area contributed by atoms with Gasteiger partial charge in [0.05, 0.1) is 32.3 Å². The predicted molar refractivity (Wildman–Crippen MR) is 128 cm³/mol. The van der Waals surface area contributed by atoms with Crippen LogP contribution in [0.25, 0.3) is 0 Å². The molecule has 1 aliphatic heterocycles. The molecule has 0 radical (unpaired) electrons. The highest BCUT2D eigenvalue weighted by molar-refractivity contribution is 9.10. The molecule has 0 bridgehead atoms. The number of ether oxygens (including phenoxy) is 2. The number of nitrogens with one attached hydrogen (secondary N) is 1. The van der Waals surface area contributed by atoms with Crippen LogP contribution in [0.3, 0.4) is 0 Å². The molecular weight excluding hydrogens is 538 g/mol. The van der Waals surface area contributed by atoms with Gasteiger partial charge in [0.2, 0.25) is 26.0 Å². The quantitative estimate of drug-likeness (QED) is 0.522. The molecule has 1 aliphatic rings. The third-order valence-corrected chi connectivity index (χ3v) is 8.43. The van der Waals surface area contributed by atoms with Crippen LogP contribution in [0.1, 0.15) is 0 Å². The summed E-state index contributed by atoms with van der Waals surface area (Å²) in [4.78, 5) is 12.6. The van der Waals surface area contributed by atoms with E-state index in [1.807, 2.05) is 0 Å². The average Bonchev–Trinajstić information content (AvgIpc) is 2.78. The Labute approximate surface area is 201 Å². The lowest BCUT2D eigenvalue weighted by Crippen LogP contribution is -2.40. The summed E-state index contributed by atoms with van der Waals surface area (Å²) < 4.78 is 64.2. The second-order valence-electron chi connectivity index (χ2n) is 7.18. The number of hydrogen-bond acceptors (Lipinski definition) is 7. The molecule has 13 heteroatoms. The molecule has 0 spiro atoms. The third kappa shape index (κ3) is 6.23. The number of nitrogens with zero attached hydrogens (tertiary/aromatic N) is 2. The van der Waals surface area contributed by atoms with Gasteiger partial charge in [-0.2, -0.15) is 4.31 Å². The van der Waals surface area contributed by atoms with Gasteiger partial charge in [-0.25, -0.2) is 16.8 Å². The Morgan fingerprint density at radius 1 is 1.12 bits per heavy atom. The smallest absolute Gasteiger partial charge is 0.246 e. The normalized spacial score (nSPS) is 15.1. The zero-order chi connectivity index (χ0) is 24.2. The molecule has 2 aromatic rings. The monoisotopic (exact) mass is 561 g/mol. The van der Waals surface area contributed by atoms with E-state index in [2.05, 4.69) is 21.2 Å². The van der Waals surface area contributed by atoms with Gasteiger partial charge in [0.1, 0.15) is 17.2 Å². The van der Waals surface area contributed by atoms with Crippen LogP contribution in [0.5, 0.6) is 5.75 Å². The van der Waals surface area contributed by atoms with E-state index in [-0.39, 0.29) is 42.6 Å². The Morgan fingerprint density at radius 3 is 2.33 bits per heavy atom. The number of rotatable bonds is 8. The molecule has 3 rings (SSSR count). The van der Waals surface area contributed by atoms with E-state index in [0.717, 1.165) is 15.0 Å². The van der Waals surface area contributed by atoms with Crippen molar-refractivity contribution in [2.75, 3.05) is 55.8 Å². The molecule has 2 aromatic carbocycles. The topological polar surface area (TPSA) is 122 Å². The number of carbonyl (C=O) groups excluding carboxylic acids is 1. The summed E-state index contributed by atoms with van der Waals surface area (Å²) in [5.41, 5.74) is 0.512. The zero-order valence-electron chi connectivity index (χ0n) is 18.0. The van der Waals surface area contributed by atoms with Gasteiger partial charge in [-0.05, 0) is 42.5 Å². The standard InChI is InChI=1S/C20H24BrN3O7S2/c1-30-18-8-5-16(13-19(18)33(28,29)23-9-11-31-12-10-23)22-20(25)14-24(32(2,26)27)17-6-3-15(21)4-7-17/h3-8,13H,9-12,14H2,1-2H3,(H,22,25). The second-order valence-corrected chi connectivity index (χ2v) is 11.9. The van der Waals surface area contributed by atoms with Crippen molar-refractivity contribution in [3.8, 4) is 5.75 Å². The number of halogens is 1. The Hall–Kier alpha value is -2.19. The maximum absolute atomic E-state index is 13.1. The van der Waals surface area contributed by atoms with Gasteiger partial charge in [-0.1, -0.05) is 15.9 Å². The summed E-state index contributed by atoms with van der Waals surface area (Å²) in [5, 5.41) is 2.57. The third-order valence-electron chi connectivity index (χ3n) is 4.84. The molecule has 0 saturated carbocycles. The Balaban J connectivity index is 1.84. The molecular formula is C20H24BrN3O7S2. The summed E-state index contributed by atoms with van der Waals surface area (Å²) >= 11 is 3.29. The number of morpholine rings is 1. The van der Waals surface area contributed by atoms with Gasteiger partial charge in [-0.15, -0.1) is 0 Å². The lowest BCUT2D eigenvalue weighted by atomic mass is 10.3. The molecule has 1 saturated heterocycles. The van der Waals surface area contributed by atoms with Crippen LogP contribution < -0.4 is 14.4 Å². The predicted octanol–water partition coefficient (Wildman–Crippen LogP) is 1.88. The van der Waals surface area contributed by atoms with Gasteiger partial charge in [-0.3, -0.25) is 9.10 Å². The molecule has 0 aliphatic carbocycles. The fraction of sp³-hybridized carbons (Fsp3) is 0.350. The van der Waals surface area contributed by atoms with Crippen molar-refractivity contribution in [3.05, 3.63) is 46.9 Å². The Bertz CT molecular complexity index is 1210. The van der Waals surface area contributed by atoms with Gasteiger partial charge in [0.25, 0.3) is 0 Å². The maximum atomic E-state index is 13.1. The van der Waals surface area contributed by atoms with Crippen LogP contribution in [0, 0.1) is 0 Å². The summed E-state index contributed by atoms with van der Waals surface area (Å²) in [5.74, 6) is -0.504. The SMILES string of the molecule is COc1ccc(NC(=O)CN(c2ccc(Br)cc2)S(C)(=O)=O)cc1S(=O)(=O)N1CCOCC1. The van der Waals surface area contributed by atoms with Crippen LogP contribution >= 0.6 is 15.9 Å². The van der Waals surface area contributed by atoms with Crippen molar-refractivity contribution in [1.82, 2.24) is 4.31 Å². The Morgan fingerprint density at radius 2 is 1.76 bits per heavy atom. The molecule has 1 N–H and O–H groups in total. The van der Waals surface area contributed by atoms with Crippen molar-refractivity contribution in [3.63, 3.8) is 0 Å². The minimum atomic E-state index is -3.89. The van der Waals surface area contributed by atoms with Crippen LogP contribution in [0.15, 0.2) is 51.8 Å². The number of benzene rings is 2. The van der Waals surface area contributed by atoms with E-state index in [0.29, 0.717) is 5.69 Å². The molecule has 1 fully saturated rings. The highest BCUT2D eigenvalue weighted by Crippen LogP contribution is 2.30. The average molecular weight is 562 g/mol. The molecule has 180 valence electrons. The molecule has 1 amide bonds. The minimum Gasteiger partial charge on any atom is -0.495 e. The number of carbonyl (C=O) groups is 1. The van der Waals surface area contributed by atoms with Crippen LogP contribution in [0.2, 0.25) is 0 Å². The summed E-state index contributed by atoms with van der Waals surface area (Å²) in [6, 6.07) is 10.7. The van der Waals surface area contributed by atoms with Gasteiger partial charge >= 0.3 is 0 Å². The first-order chi connectivity index (χ1) is 15.5. The summed E-state index contributed by atoms with van der Waals surface area (Å²) in [6.45, 7) is 0.500. The number of sulfonamides is 2. The van der Waals surface area contributed by atoms with Crippen molar-refractivity contribution in [1.29, 1.82) is 0 Å². The lowest BCUT2D eigenvalue weighted by Gasteiger charge is -2.27. The van der Waals surface area contributed by atoms with E-state index in [1.54, 1.807) is 24.3 Å². The van der Waals surface area contributed by atoms with E-state index in [4.69, 9.17) is 9.47 Å². The largest absolute Gasteiger partial charge is 0.495 e.